The van der Waals surface area contributed by atoms with Gasteiger partial charge in [-0.15, -0.1) is 0 Å². The van der Waals surface area contributed by atoms with Crippen LogP contribution in [0, 0.1) is 6.92 Å². The first-order valence-corrected chi connectivity index (χ1v) is 12.6. The van der Waals surface area contributed by atoms with E-state index < -0.39 is 0 Å². The van der Waals surface area contributed by atoms with Gasteiger partial charge in [0.25, 0.3) is 5.91 Å². The monoisotopic (exact) mass is 496 g/mol. The van der Waals surface area contributed by atoms with Crippen molar-refractivity contribution in [3.8, 4) is 22.7 Å². The molecular formula is C30H32N4O3. The highest BCUT2D eigenvalue weighted by Gasteiger charge is 2.26. The van der Waals surface area contributed by atoms with Crippen molar-refractivity contribution in [3.05, 3.63) is 102 Å². The van der Waals surface area contributed by atoms with Gasteiger partial charge in [-0.2, -0.15) is 5.10 Å². The zero-order chi connectivity index (χ0) is 25.6. The van der Waals surface area contributed by atoms with E-state index in [-0.39, 0.29) is 11.9 Å². The Kier molecular flexibility index (Phi) is 7.63. The number of carbonyl (C=O) groups excluding carboxylic acids is 1. The van der Waals surface area contributed by atoms with Crippen molar-refractivity contribution in [1.29, 1.82) is 0 Å². The minimum Gasteiger partial charge on any atom is -0.496 e. The third-order valence-electron chi connectivity index (χ3n) is 6.71. The van der Waals surface area contributed by atoms with Crippen molar-refractivity contribution < 1.29 is 14.3 Å². The van der Waals surface area contributed by atoms with Gasteiger partial charge in [-0.25, -0.2) is 4.68 Å². The first-order valence-electron chi connectivity index (χ1n) is 12.6. The molecule has 0 radical (unpaired) electrons. The summed E-state index contributed by atoms with van der Waals surface area (Å²) < 4.78 is 12.9. The molecule has 37 heavy (non-hydrogen) atoms. The van der Waals surface area contributed by atoms with Crippen LogP contribution in [0.15, 0.2) is 85.1 Å². The minimum absolute atomic E-state index is 0.0478. The summed E-state index contributed by atoms with van der Waals surface area (Å²) in [5, 5.41) is 8.03. The molecule has 3 aromatic carbocycles. The topological polar surface area (TPSA) is 68.6 Å². The van der Waals surface area contributed by atoms with Crippen molar-refractivity contribution in [1.82, 2.24) is 20.0 Å². The van der Waals surface area contributed by atoms with Gasteiger partial charge in [0, 0.05) is 31.4 Å². The van der Waals surface area contributed by atoms with Crippen LogP contribution in [0.4, 0.5) is 0 Å². The van der Waals surface area contributed by atoms with Crippen LogP contribution in [0.2, 0.25) is 0 Å². The first-order chi connectivity index (χ1) is 18.1. The van der Waals surface area contributed by atoms with E-state index >= 15 is 0 Å². The summed E-state index contributed by atoms with van der Waals surface area (Å²) in [6, 6.07) is 26.0. The molecule has 1 fully saturated rings. The van der Waals surface area contributed by atoms with E-state index in [1.807, 2.05) is 54.6 Å². The summed E-state index contributed by atoms with van der Waals surface area (Å²) >= 11 is 0. The van der Waals surface area contributed by atoms with Crippen LogP contribution in [0.1, 0.15) is 27.5 Å². The van der Waals surface area contributed by atoms with Crippen LogP contribution in [-0.4, -0.2) is 60.5 Å². The van der Waals surface area contributed by atoms with E-state index in [4.69, 9.17) is 14.6 Å². The number of morpholine rings is 1. The fourth-order valence-electron chi connectivity index (χ4n) is 4.80. The third-order valence-corrected chi connectivity index (χ3v) is 6.71. The Morgan fingerprint density at radius 2 is 1.78 bits per heavy atom. The number of para-hydroxylation sites is 2. The zero-order valence-electron chi connectivity index (χ0n) is 21.3. The maximum Gasteiger partial charge on any atom is 0.255 e. The van der Waals surface area contributed by atoms with Crippen LogP contribution in [-0.2, 0) is 4.74 Å². The van der Waals surface area contributed by atoms with Crippen molar-refractivity contribution in [3.63, 3.8) is 0 Å². The number of carbonyl (C=O) groups is 1. The van der Waals surface area contributed by atoms with Gasteiger partial charge in [-0.3, -0.25) is 9.69 Å². The highest BCUT2D eigenvalue weighted by atomic mass is 16.5. The molecule has 1 aliphatic rings. The predicted octanol–water partition coefficient (Wildman–Crippen LogP) is 4.66. The van der Waals surface area contributed by atoms with Crippen LogP contribution < -0.4 is 10.1 Å². The van der Waals surface area contributed by atoms with Gasteiger partial charge < -0.3 is 14.8 Å². The second kappa shape index (κ2) is 11.4. The Bertz CT molecular complexity index is 1350. The van der Waals surface area contributed by atoms with E-state index in [1.54, 1.807) is 18.0 Å². The van der Waals surface area contributed by atoms with Crippen molar-refractivity contribution in [2.24, 2.45) is 0 Å². The number of aromatic nitrogens is 2. The lowest BCUT2D eigenvalue weighted by Crippen LogP contribution is -2.43. The Hall–Kier alpha value is -3.94. The molecule has 0 aliphatic carbocycles. The highest BCUT2D eigenvalue weighted by molar-refractivity contribution is 6.00. The van der Waals surface area contributed by atoms with Crippen molar-refractivity contribution in [2.45, 2.75) is 13.0 Å². The number of amides is 1. The zero-order valence-corrected chi connectivity index (χ0v) is 21.3. The van der Waals surface area contributed by atoms with E-state index in [1.165, 1.54) is 11.1 Å². The smallest absolute Gasteiger partial charge is 0.255 e. The molecule has 1 atom stereocenters. The molecule has 5 rings (SSSR count). The minimum atomic E-state index is -0.172. The number of nitrogens with one attached hydrogen (secondary N) is 1. The summed E-state index contributed by atoms with van der Waals surface area (Å²) in [5.74, 6) is 0.495. The number of methoxy groups -OCH3 is 1. The Morgan fingerprint density at radius 1 is 1.03 bits per heavy atom. The molecule has 2 heterocycles. The number of hydrogen-bond donors (Lipinski definition) is 1. The standard InChI is InChI=1S/C30H32N4O3/c1-22-9-8-10-23(19-22)27(33-15-17-37-18-16-33)20-31-30(35)26-21-34(24-11-4-3-5-12-24)32-29(26)25-13-6-7-14-28(25)36-2/h3-14,19,21,27H,15-18,20H2,1-2H3,(H,31,35). The molecule has 0 saturated carbocycles. The SMILES string of the molecule is COc1ccccc1-c1nn(-c2ccccc2)cc1C(=O)NCC(c1cccc(C)c1)N1CCOCC1. The van der Waals surface area contributed by atoms with E-state index in [2.05, 4.69) is 41.4 Å². The number of nitrogens with zero attached hydrogens (tertiary/aromatic N) is 3. The number of benzene rings is 3. The quantitative estimate of drug-likeness (QED) is 0.384. The second-order valence-electron chi connectivity index (χ2n) is 9.16. The Balaban J connectivity index is 1.47. The number of hydrogen-bond acceptors (Lipinski definition) is 5. The summed E-state index contributed by atoms with van der Waals surface area (Å²) in [4.78, 5) is 16.1. The van der Waals surface area contributed by atoms with Gasteiger partial charge in [0.15, 0.2) is 0 Å². The largest absolute Gasteiger partial charge is 0.496 e. The molecule has 1 aliphatic heterocycles. The second-order valence-corrected chi connectivity index (χ2v) is 9.16. The van der Waals surface area contributed by atoms with Gasteiger partial charge in [-0.1, -0.05) is 60.2 Å². The van der Waals surface area contributed by atoms with E-state index in [0.717, 1.165) is 24.3 Å². The molecule has 190 valence electrons. The Morgan fingerprint density at radius 3 is 2.54 bits per heavy atom. The normalized spacial score (nSPS) is 14.8. The maximum atomic E-state index is 13.7. The molecule has 1 amide bonds. The summed E-state index contributed by atoms with van der Waals surface area (Å²) in [7, 11) is 1.63. The van der Waals surface area contributed by atoms with Gasteiger partial charge >= 0.3 is 0 Å². The Labute approximate surface area is 217 Å². The molecule has 4 aromatic rings. The summed E-state index contributed by atoms with van der Waals surface area (Å²) in [6.45, 7) is 5.61. The lowest BCUT2D eigenvalue weighted by Gasteiger charge is -2.35. The van der Waals surface area contributed by atoms with E-state index in [9.17, 15) is 4.79 Å². The number of ether oxygens (including phenoxy) is 2. The fraction of sp³-hybridized carbons (Fsp3) is 0.267. The van der Waals surface area contributed by atoms with Gasteiger partial charge in [0.05, 0.1) is 37.6 Å². The van der Waals surface area contributed by atoms with E-state index in [0.29, 0.717) is 36.8 Å². The molecule has 1 aromatic heterocycles. The first kappa shape index (κ1) is 24.7. The molecule has 0 spiro atoms. The summed E-state index contributed by atoms with van der Waals surface area (Å²) in [5.41, 5.74) is 5.12. The molecule has 7 heteroatoms. The fourth-order valence-corrected chi connectivity index (χ4v) is 4.80. The molecule has 1 unspecified atom stereocenters. The van der Waals surface area contributed by atoms with Crippen LogP contribution in [0.3, 0.4) is 0 Å². The molecular weight excluding hydrogens is 464 g/mol. The molecule has 7 nitrogen and oxygen atoms in total. The van der Waals surface area contributed by atoms with Crippen LogP contribution in [0.25, 0.3) is 16.9 Å². The lowest BCUT2D eigenvalue weighted by atomic mass is 10.0. The van der Waals surface area contributed by atoms with Gasteiger partial charge in [0.2, 0.25) is 0 Å². The molecule has 1 saturated heterocycles. The average Bonchev–Trinajstić information content (AvgIpc) is 3.40. The van der Waals surface area contributed by atoms with Crippen LogP contribution in [0.5, 0.6) is 5.75 Å². The summed E-state index contributed by atoms with van der Waals surface area (Å²) in [6.07, 6.45) is 1.79. The van der Waals surface area contributed by atoms with Crippen molar-refractivity contribution >= 4 is 5.91 Å². The lowest BCUT2D eigenvalue weighted by molar-refractivity contribution is 0.0162. The average molecular weight is 497 g/mol. The van der Waals surface area contributed by atoms with Gasteiger partial charge in [0.1, 0.15) is 11.4 Å². The molecule has 0 bridgehead atoms. The number of aryl methyl sites for hydroxylation is 1. The van der Waals surface area contributed by atoms with Gasteiger partial charge in [-0.05, 0) is 36.8 Å². The highest BCUT2D eigenvalue weighted by Crippen LogP contribution is 2.32. The maximum absolute atomic E-state index is 13.7. The number of rotatable bonds is 8. The van der Waals surface area contributed by atoms with Crippen LogP contribution >= 0.6 is 0 Å². The third kappa shape index (κ3) is 5.58. The molecule has 1 N–H and O–H groups in total. The van der Waals surface area contributed by atoms with Crippen molar-refractivity contribution in [2.75, 3.05) is 40.0 Å². The predicted molar refractivity (Wildman–Crippen MR) is 144 cm³/mol.